The van der Waals surface area contributed by atoms with E-state index in [0.717, 1.165) is 29.5 Å². The molecule has 1 aromatic carbocycles. The maximum atomic E-state index is 10.6. The zero-order chi connectivity index (χ0) is 8.97. The van der Waals surface area contributed by atoms with Crippen LogP contribution in [0.4, 0.5) is 5.69 Å². The molecule has 1 aromatic rings. The van der Waals surface area contributed by atoms with Gasteiger partial charge in [-0.3, -0.25) is 4.79 Å². The second-order valence-corrected chi connectivity index (χ2v) is 2.59. The van der Waals surface area contributed by atoms with Crippen LogP contribution < -0.4 is 5.32 Å². The van der Waals surface area contributed by atoms with E-state index < -0.39 is 0 Å². The van der Waals surface area contributed by atoms with Crippen molar-refractivity contribution in [3.8, 4) is 0 Å². The maximum absolute atomic E-state index is 10.6. The third kappa shape index (κ3) is 1.47. The molecule has 0 fully saturated rings. The minimum Gasteiger partial charge on any atom is -0.388 e. The molecule has 0 radical (unpaired) electrons. The molecular formula is C10H13NO. The number of carbonyl (C=O) groups excluding carboxylic acids is 1. The van der Waals surface area contributed by atoms with Gasteiger partial charge in [-0.05, 0) is 18.1 Å². The zero-order valence-electron chi connectivity index (χ0n) is 7.42. The molecule has 0 heterocycles. The summed E-state index contributed by atoms with van der Waals surface area (Å²) in [6, 6.07) is 5.70. The minimum atomic E-state index is 0.782. The number of nitrogens with one attached hydrogen (secondary N) is 1. The van der Waals surface area contributed by atoms with Gasteiger partial charge in [0.1, 0.15) is 6.29 Å². The summed E-state index contributed by atoms with van der Waals surface area (Å²) in [5.74, 6) is 0. The number of rotatable bonds is 3. The van der Waals surface area contributed by atoms with Crippen LogP contribution in [0, 0.1) is 0 Å². The Labute approximate surface area is 72.6 Å². The van der Waals surface area contributed by atoms with E-state index >= 15 is 0 Å². The van der Waals surface area contributed by atoms with Gasteiger partial charge >= 0.3 is 0 Å². The smallest absolute Gasteiger partial charge is 0.150 e. The lowest BCUT2D eigenvalue weighted by atomic mass is 10.0. The van der Waals surface area contributed by atoms with Crippen molar-refractivity contribution in [2.75, 3.05) is 12.4 Å². The second kappa shape index (κ2) is 3.90. The molecule has 0 aliphatic rings. The van der Waals surface area contributed by atoms with Gasteiger partial charge < -0.3 is 5.32 Å². The highest BCUT2D eigenvalue weighted by Gasteiger charge is 2.03. The first-order chi connectivity index (χ1) is 5.83. The minimum absolute atomic E-state index is 0.782. The highest BCUT2D eigenvalue weighted by atomic mass is 16.1. The molecule has 0 spiro atoms. The molecule has 0 atom stereocenters. The highest BCUT2D eigenvalue weighted by molar-refractivity contribution is 5.80. The van der Waals surface area contributed by atoms with E-state index in [9.17, 15) is 4.79 Å². The number of anilines is 1. The fourth-order valence-corrected chi connectivity index (χ4v) is 1.34. The molecule has 0 saturated carbocycles. The standard InChI is InChI=1S/C10H13NO/c1-3-9-8(7-12)5-4-6-10(9)11-2/h4-7,11H,3H2,1-2H3. The van der Waals surface area contributed by atoms with Crippen molar-refractivity contribution in [2.45, 2.75) is 13.3 Å². The summed E-state index contributed by atoms with van der Waals surface area (Å²) in [5.41, 5.74) is 2.92. The molecule has 0 amide bonds. The van der Waals surface area contributed by atoms with Crippen molar-refractivity contribution in [2.24, 2.45) is 0 Å². The van der Waals surface area contributed by atoms with Crippen LogP contribution >= 0.6 is 0 Å². The molecule has 0 bridgehead atoms. The van der Waals surface area contributed by atoms with Crippen molar-refractivity contribution in [3.05, 3.63) is 29.3 Å². The van der Waals surface area contributed by atoms with E-state index in [4.69, 9.17) is 0 Å². The summed E-state index contributed by atoms with van der Waals surface area (Å²) in [6.45, 7) is 2.04. The van der Waals surface area contributed by atoms with Gasteiger partial charge in [0.2, 0.25) is 0 Å². The molecule has 2 heteroatoms. The molecule has 12 heavy (non-hydrogen) atoms. The van der Waals surface area contributed by atoms with E-state index in [1.807, 2.05) is 32.2 Å². The summed E-state index contributed by atoms with van der Waals surface area (Å²) >= 11 is 0. The van der Waals surface area contributed by atoms with Crippen LogP contribution in [0.25, 0.3) is 0 Å². The van der Waals surface area contributed by atoms with Crippen LogP contribution in [0.5, 0.6) is 0 Å². The summed E-state index contributed by atoms with van der Waals surface area (Å²) < 4.78 is 0. The van der Waals surface area contributed by atoms with E-state index in [1.54, 1.807) is 0 Å². The van der Waals surface area contributed by atoms with Crippen LogP contribution in [0.3, 0.4) is 0 Å². The van der Waals surface area contributed by atoms with Crippen LogP contribution in [0.2, 0.25) is 0 Å². The maximum Gasteiger partial charge on any atom is 0.150 e. The Hall–Kier alpha value is -1.31. The third-order valence-corrected chi connectivity index (χ3v) is 1.96. The summed E-state index contributed by atoms with van der Waals surface area (Å²) in [5, 5.41) is 3.06. The van der Waals surface area contributed by atoms with Crippen molar-refractivity contribution < 1.29 is 4.79 Å². The van der Waals surface area contributed by atoms with Crippen molar-refractivity contribution >= 4 is 12.0 Å². The molecule has 0 aliphatic heterocycles. The van der Waals surface area contributed by atoms with Crippen LogP contribution in [-0.2, 0) is 6.42 Å². The third-order valence-electron chi connectivity index (χ3n) is 1.96. The first-order valence-electron chi connectivity index (χ1n) is 4.08. The fraction of sp³-hybridized carbons (Fsp3) is 0.300. The fourth-order valence-electron chi connectivity index (χ4n) is 1.34. The lowest BCUT2D eigenvalue weighted by Crippen LogP contribution is -1.98. The van der Waals surface area contributed by atoms with E-state index in [1.165, 1.54) is 0 Å². The zero-order valence-corrected chi connectivity index (χ0v) is 7.42. The Morgan fingerprint density at radius 1 is 1.50 bits per heavy atom. The van der Waals surface area contributed by atoms with Gasteiger partial charge in [-0.15, -0.1) is 0 Å². The van der Waals surface area contributed by atoms with Crippen molar-refractivity contribution in [1.82, 2.24) is 0 Å². The van der Waals surface area contributed by atoms with Gasteiger partial charge in [-0.2, -0.15) is 0 Å². The van der Waals surface area contributed by atoms with Crippen LogP contribution in [0.1, 0.15) is 22.8 Å². The monoisotopic (exact) mass is 163 g/mol. The van der Waals surface area contributed by atoms with Crippen LogP contribution in [0.15, 0.2) is 18.2 Å². The Morgan fingerprint density at radius 2 is 2.25 bits per heavy atom. The molecule has 1 N–H and O–H groups in total. The number of hydrogen-bond acceptors (Lipinski definition) is 2. The van der Waals surface area contributed by atoms with Gasteiger partial charge in [0, 0.05) is 18.3 Å². The van der Waals surface area contributed by atoms with Crippen molar-refractivity contribution in [1.29, 1.82) is 0 Å². The molecule has 0 unspecified atom stereocenters. The molecule has 0 aromatic heterocycles. The molecule has 2 nitrogen and oxygen atoms in total. The quantitative estimate of drug-likeness (QED) is 0.691. The van der Waals surface area contributed by atoms with E-state index in [0.29, 0.717) is 0 Å². The number of hydrogen-bond donors (Lipinski definition) is 1. The van der Waals surface area contributed by atoms with E-state index in [-0.39, 0.29) is 0 Å². The summed E-state index contributed by atoms with van der Waals surface area (Å²) in [4.78, 5) is 10.6. The Balaban J connectivity index is 3.21. The second-order valence-electron chi connectivity index (χ2n) is 2.59. The first kappa shape index (κ1) is 8.78. The molecule has 1 rings (SSSR count). The SMILES string of the molecule is CCc1c(C=O)cccc1NC. The highest BCUT2D eigenvalue weighted by Crippen LogP contribution is 2.18. The average molecular weight is 163 g/mol. The Bertz CT molecular complexity index is 281. The first-order valence-corrected chi connectivity index (χ1v) is 4.08. The Kier molecular flexibility index (Phi) is 2.86. The lowest BCUT2D eigenvalue weighted by molar-refractivity contribution is 0.112. The van der Waals surface area contributed by atoms with Crippen LogP contribution in [-0.4, -0.2) is 13.3 Å². The van der Waals surface area contributed by atoms with Gasteiger partial charge in [0.05, 0.1) is 0 Å². The lowest BCUT2D eigenvalue weighted by Gasteiger charge is -2.08. The number of carbonyl (C=O) groups is 1. The number of aldehydes is 1. The molecule has 0 saturated heterocycles. The van der Waals surface area contributed by atoms with Gasteiger partial charge in [-0.25, -0.2) is 0 Å². The molecule has 64 valence electrons. The summed E-state index contributed by atoms with van der Waals surface area (Å²) in [7, 11) is 1.86. The number of benzene rings is 1. The predicted octanol–water partition coefficient (Wildman–Crippen LogP) is 2.10. The normalized spacial score (nSPS) is 9.50. The Morgan fingerprint density at radius 3 is 2.75 bits per heavy atom. The van der Waals surface area contributed by atoms with Gasteiger partial charge in [0.15, 0.2) is 0 Å². The van der Waals surface area contributed by atoms with Gasteiger partial charge in [-0.1, -0.05) is 19.1 Å². The average Bonchev–Trinajstić information content (AvgIpc) is 2.16. The largest absolute Gasteiger partial charge is 0.388 e. The molecular weight excluding hydrogens is 150 g/mol. The van der Waals surface area contributed by atoms with Crippen molar-refractivity contribution in [3.63, 3.8) is 0 Å². The predicted molar refractivity (Wildman–Crippen MR) is 50.8 cm³/mol. The molecule has 0 aliphatic carbocycles. The van der Waals surface area contributed by atoms with Gasteiger partial charge in [0.25, 0.3) is 0 Å². The van der Waals surface area contributed by atoms with E-state index in [2.05, 4.69) is 5.32 Å². The topological polar surface area (TPSA) is 29.1 Å². The summed E-state index contributed by atoms with van der Waals surface area (Å²) in [6.07, 6.45) is 1.78.